The Bertz CT molecular complexity index is 401. The highest BCUT2D eigenvalue weighted by Gasteiger charge is 2.44. The molecular weight excluding hydrogens is 384 g/mol. The fourth-order valence-corrected chi connectivity index (χ4v) is 3.15. The predicted octanol–water partition coefficient (Wildman–Crippen LogP) is 6.98. The van der Waals surface area contributed by atoms with E-state index in [1.165, 1.54) is 89.6 Å². The van der Waals surface area contributed by atoms with Gasteiger partial charge in [0.1, 0.15) is 0 Å². The summed E-state index contributed by atoms with van der Waals surface area (Å²) in [6.45, 7) is 4.70. The summed E-state index contributed by atoms with van der Waals surface area (Å²) in [7, 11) is -3.00. The zero-order valence-electron chi connectivity index (χ0n) is 16.4. The second-order valence-corrected chi connectivity index (χ2v) is 8.92. The van der Waals surface area contributed by atoms with Gasteiger partial charge < -0.3 is 0 Å². The van der Waals surface area contributed by atoms with Crippen molar-refractivity contribution >= 4 is 19.4 Å². The van der Waals surface area contributed by atoms with Crippen LogP contribution in [-0.2, 0) is 10.1 Å². The van der Waals surface area contributed by atoms with Gasteiger partial charge in [-0.1, -0.05) is 90.9 Å². The van der Waals surface area contributed by atoms with Crippen LogP contribution in [0.3, 0.4) is 0 Å². The first-order valence-corrected chi connectivity index (χ1v) is 12.1. The van der Waals surface area contributed by atoms with Gasteiger partial charge in [0, 0.05) is 0 Å². The zero-order chi connectivity index (χ0) is 20.5. The average Bonchev–Trinajstić information content (AvgIpc) is 2.51. The molecule has 0 spiro atoms. The quantitative estimate of drug-likeness (QED) is 0.142. The van der Waals surface area contributed by atoms with Crippen LogP contribution in [0.5, 0.6) is 0 Å². The van der Waals surface area contributed by atoms with Crippen molar-refractivity contribution in [1.82, 2.24) is 0 Å². The summed E-state index contributed by atoms with van der Waals surface area (Å²) >= 11 is 0. The van der Waals surface area contributed by atoms with Gasteiger partial charge >= 0.3 is 15.6 Å². The van der Waals surface area contributed by atoms with E-state index in [0.29, 0.717) is 0 Å². The molecule has 0 aromatic heterocycles. The Kier molecular flexibility index (Phi) is 18.8. The van der Waals surface area contributed by atoms with Crippen LogP contribution in [0.4, 0.5) is 13.2 Å². The molecule has 0 saturated heterocycles. The summed E-state index contributed by atoms with van der Waals surface area (Å²) in [6, 6.07) is 0. The number of hydrogen-bond donors (Lipinski definition) is 1. The Labute approximate surface area is 160 Å². The molecule has 3 nitrogen and oxygen atoms in total. The fourth-order valence-electron chi connectivity index (χ4n) is 2.59. The van der Waals surface area contributed by atoms with Crippen molar-refractivity contribution in [3.63, 3.8) is 0 Å². The molecule has 0 aromatic rings. The molecule has 0 amide bonds. The molecule has 0 bridgehead atoms. The third-order valence-corrected chi connectivity index (χ3v) is 5.17. The maximum atomic E-state index is 10.7. The van der Waals surface area contributed by atoms with Gasteiger partial charge in [-0.05, 0) is 18.5 Å². The standard InChI is InChI=1S/C17H37P.CHF3O3S/c1-3-4-5-6-7-8-9-10-11-12-13-14-17(2)15-16-18;2-1(3,4)8(5,6)7/h17H,3-16,18H2,1-2H3;(H,5,6,7). The lowest BCUT2D eigenvalue weighted by atomic mass is 9.99. The summed E-state index contributed by atoms with van der Waals surface area (Å²) in [5.41, 5.74) is -5.53. The van der Waals surface area contributed by atoms with Crippen molar-refractivity contribution in [1.29, 1.82) is 0 Å². The Morgan fingerprint density at radius 2 is 1.19 bits per heavy atom. The molecular formula is C18H38F3O3PS. The van der Waals surface area contributed by atoms with Crippen molar-refractivity contribution in [3.05, 3.63) is 0 Å². The molecule has 0 aliphatic carbocycles. The van der Waals surface area contributed by atoms with Crippen LogP contribution in [0, 0.1) is 5.92 Å². The molecule has 0 aromatic carbocycles. The van der Waals surface area contributed by atoms with Gasteiger partial charge in [-0.25, -0.2) is 0 Å². The van der Waals surface area contributed by atoms with Crippen LogP contribution >= 0.6 is 9.24 Å². The molecule has 160 valence electrons. The van der Waals surface area contributed by atoms with Crippen LogP contribution < -0.4 is 0 Å². The first-order chi connectivity index (χ1) is 12.1. The number of alkyl halides is 3. The Hall–Kier alpha value is 0.130. The smallest absolute Gasteiger partial charge is 0.279 e. The lowest BCUT2D eigenvalue weighted by Gasteiger charge is -2.09. The summed E-state index contributed by atoms with van der Waals surface area (Å²) in [5, 5.41) is 0. The highest BCUT2D eigenvalue weighted by atomic mass is 32.2. The third-order valence-electron chi connectivity index (χ3n) is 4.25. The Balaban J connectivity index is 0. The maximum Gasteiger partial charge on any atom is 0.522 e. The van der Waals surface area contributed by atoms with Gasteiger partial charge in [0.2, 0.25) is 0 Å². The second kappa shape index (κ2) is 17.2. The molecule has 0 fully saturated rings. The minimum absolute atomic E-state index is 0.945. The fraction of sp³-hybridized carbons (Fsp3) is 1.00. The van der Waals surface area contributed by atoms with Gasteiger partial charge in [-0.3, -0.25) is 4.55 Å². The minimum atomic E-state index is -5.84. The van der Waals surface area contributed by atoms with Crippen molar-refractivity contribution in [2.45, 2.75) is 103 Å². The second-order valence-electron chi connectivity index (χ2n) is 6.93. The van der Waals surface area contributed by atoms with E-state index in [9.17, 15) is 13.2 Å². The van der Waals surface area contributed by atoms with Gasteiger partial charge in [0.05, 0.1) is 0 Å². The normalized spacial score (nSPS) is 13.2. The third kappa shape index (κ3) is 20.4. The van der Waals surface area contributed by atoms with Crippen molar-refractivity contribution in [3.8, 4) is 0 Å². The highest BCUT2D eigenvalue weighted by Crippen LogP contribution is 2.20. The molecule has 0 radical (unpaired) electrons. The van der Waals surface area contributed by atoms with E-state index in [2.05, 4.69) is 23.1 Å². The molecule has 0 rings (SSSR count). The van der Waals surface area contributed by atoms with Crippen LogP contribution in [0.2, 0.25) is 0 Å². The van der Waals surface area contributed by atoms with Crippen LogP contribution in [-0.4, -0.2) is 24.6 Å². The predicted molar refractivity (Wildman–Crippen MR) is 107 cm³/mol. The number of rotatable bonds is 14. The molecule has 8 heteroatoms. The van der Waals surface area contributed by atoms with Crippen molar-refractivity contribution < 1.29 is 26.1 Å². The van der Waals surface area contributed by atoms with E-state index >= 15 is 0 Å². The van der Waals surface area contributed by atoms with E-state index in [1.807, 2.05) is 0 Å². The zero-order valence-corrected chi connectivity index (χ0v) is 18.3. The van der Waals surface area contributed by atoms with E-state index in [4.69, 9.17) is 13.0 Å². The molecule has 0 aliphatic rings. The Morgan fingerprint density at radius 1 is 0.846 bits per heavy atom. The van der Waals surface area contributed by atoms with Gasteiger partial charge in [0.25, 0.3) is 0 Å². The SMILES string of the molecule is CCCCCCCCCCCCCC(C)CCP.O=S(=O)(O)C(F)(F)F. The van der Waals surface area contributed by atoms with Crippen LogP contribution in [0.25, 0.3) is 0 Å². The van der Waals surface area contributed by atoms with E-state index in [-0.39, 0.29) is 0 Å². The monoisotopic (exact) mass is 422 g/mol. The van der Waals surface area contributed by atoms with E-state index in [0.717, 1.165) is 5.92 Å². The lowest BCUT2D eigenvalue weighted by Crippen LogP contribution is -2.21. The van der Waals surface area contributed by atoms with Gasteiger partial charge in [-0.15, -0.1) is 9.24 Å². The van der Waals surface area contributed by atoms with Gasteiger partial charge in [0.15, 0.2) is 0 Å². The van der Waals surface area contributed by atoms with Crippen molar-refractivity contribution in [2.75, 3.05) is 6.16 Å². The lowest BCUT2D eigenvalue weighted by molar-refractivity contribution is -0.0510. The number of hydrogen-bond acceptors (Lipinski definition) is 2. The van der Waals surface area contributed by atoms with Crippen LogP contribution in [0.1, 0.15) is 97.3 Å². The minimum Gasteiger partial charge on any atom is -0.279 e. The highest BCUT2D eigenvalue weighted by molar-refractivity contribution is 7.86. The summed E-state index contributed by atoms with van der Waals surface area (Å²) in [6.07, 6.45) is 20.2. The molecule has 2 atom stereocenters. The molecule has 0 aliphatic heterocycles. The average molecular weight is 423 g/mol. The molecule has 2 unspecified atom stereocenters. The molecule has 0 saturated carbocycles. The number of halogens is 3. The molecule has 1 N–H and O–H groups in total. The van der Waals surface area contributed by atoms with E-state index in [1.54, 1.807) is 0 Å². The first kappa shape index (κ1) is 28.3. The largest absolute Gasteiger partial charge is 0.522 e. The first-order valence-electron chi connectivity index (χ1n) is 9.80. The maximum absolute atomic E-state index is 10.7. The summed E-state index contributed by atoms with van der Waals surface area (Å²) < 4.78 is 57.5. The molecule has 26 heavy (non-hydrogen) atoms. The molecule has 0 heterocycles. The topological polar surface area (TPSA) is 54.4 Å². The summed E-state index contributed by atoms with van der Waals surface area (Å²) in [4.78, 5) is 0. The number of unbranched alkanes of at least 4 members (excludes halogenated alkanes) is 10. The van der Waals surface area contributed by atoms with Gasteiger partial charge in [-0.2, -0.15) is 21.6 Å². The van der Waals surface area contributed by atoms with Crippen molar-refractivity contribution in [2.24, 2.45) is 5.92 Å². The van der Waals surface area contributed by atoms with E-state index < -0.39 is 15.6 Å². The van der Waals surface area contributed by atoms with Crippen LogP contribution in [0.15, 0.2) is 0 Å². The summed E-state index contributed by atoms with van der Waals surface area (Å²) in [5.74, 6) is 0.945. The Morgan fingerprint density at radius 3 is 1.50 bits per heavy atom.